The third-order valence-electron chi connectivity index (χ3n) is 12.8. The molecule has 0 aliphatic carbocycles. The zero-order valence-electron chi connectivity index (χ0n) is 41.8. The summed E-state index contributed by atoms with van der Waals surface area (Å²) in [5, 5.41) is 23.8. The van der Waals surface area contributed by atoms with Gasteiger partial charge in [-0.2, -0.15) is 0 Å². The largest absolute Gasteiger partial charge is 0.462 e. The molecule has 3 atom stereocenters. The highest BCUT2D eigenvalue weighted by Crippen LogP contribution is 2.18. The zero-order chi connectivity index (χ0) is 45.2. The lowest BCUT2D eigenvalue weighted by Gasteiger charge is -2.24. The van der Waals surface area contributed by atoms with Gasteiger partial charge in [0.25, 0.3) is 0 Å². The monoisotopic (exact) mass is 874 g/mol. The minimum absolute atomic E-state index is 0.0728. The Morgan fingerprint density at radius 1 is 0.452 bits per heavy atom. The number of allylic oxidation sites excluding steroid dienone is 4. The zero-order valence-corrected chi connectivity index (χ0v) is 41.8. The molecule has 6 heteroatoms. The summed E-state index contributed by atoms with van der Waals surface area (Å²) < 4.78 is 5.94. The number of aliphatic hydroxyl groups is 2. The molecule has 0 radical (unpaired) electrons. The Balaban J connectivity index is 4.53. The van der Waals surface area contributed by atoms with E-state index in [-0.39, 0.29) is 24.9 Å². The van der Waals surface area contributed by atoms with Crippen molar-refractivity contribution in [1.82, 2.24) is 5.32 Å². The molecule has 0 heterocycles. The van der Waals surface area contributed by atoms with E-state index in [1.165, 1.54) is 186 Å². The normalized spacial score (nSPS) is 13.3. The molecular weight excluding hydrogens is 767 g/mol. The lowest BCUT2D eigenvalue weighted by Crippen LogP contribution is -2.46. The van der Waals surface area contributed by atoms with Gasteiger partial charge in [-0.1, -0.05) is 231 Å². The molecule has 0 fully saturated rings. The van der Waals surface area contributed by atoms with E-state index in [1.54, 1.807) is 0 Å². The van der Waals surface area contributed by atoms with E-state index in [2.05, 4.69) is 50.4 Å². The van der Waals surface area contributed by atoms with Crippen molar-refractivity contribution in [3.8, 4) is 0 Å². The highest BCUT2D eigenvalue weighted by atomic mass is 16.5. The standard InChI is InChI=1S/C56H107NO5/c1-4-7-10-13-16-19-22-25-27-29-31-33-36-39-42-45-48-54(59)53(51-58)57-55(60)50-52(47-44-41-38-35-32-30-28-26-23-20-17-14-11-8-5-2)62-56(61)49-46-43-40-37-34-24-21-18-15-12-9-6-3/h18,21,26,28,52-54,58-59H,4-17,19-20,22-25,27,29-51H2,1-3H3,(H,57,60)/b21-18-,28-26+. The molecule has 3 N–H and O–H groups in total. The van der Waals surface area contributed by atoms with Gasteiger partial charge in [0.05, 0.1) is 25.2 Å². The Kier molecular flexibility index (Phi) is 49.0. The number of rotatable bonds is 50. The first kappa shape index (κ1) is 60.3. The number of carbonyl (C=O) groups excluding carboxylic acids is 2. The van der Waals surface area contributed by atoms with Crippen LogP contribution in [-0.4, -0.2) is 46.9 Å². The van der Waals surface area contributed by atoms with Crippen molar-refractivity contribution in [2.45, 2.75) is 315 Å². The maximum atomic E-state index is 13.2. The van der Waals surface area contributed by atoms with Gasteiger partial charge in [0, 0.05) is 6.42 Å². The molecule has 6 nitrogen and oxygen atoms in total. The van der Waals surface area contributed by atoms with Crippen LogP contribution in [0, 0.1) is 0 Å². The molecule has 0 aliphatic heterocycles. The Labute approximate surface area is 386 Å². The van der Waals surface area contributed by atoms with Gasteiger partial charge in [-0.05, 0) is 77.0 Å². The van der Waals surface area contributed by atoms with Gasteiger partial charge in [0.2, 0.25) is 5.91 Å². The van der Waals surface area contributed by atoms with Crippen molar-refractivity contribution in [1.29, 1.82) is 0 Å². The number of carbonyl (C=O) groups is 2. The smallest absolute Gasteiger partial charge is 0.306 e. The van der Waals surface area contributed by atoms with E-state index in [9.17, 15) is 19.8 Å². The molecule has 3 unspecified atom stereocenters. The Morgan fingerprint density at radius 2 is 0.774 bits per heavy atom. The third-order valence-corrected chi connectivity index (χ3v) is 12.8. The summed E-state index contributed by atoms with van der Waals surface area (Å²) in [4.78, 5) is 26.2. The first-order valence-corrected chi connectivity index (χ1v) is 27.6. The quantitative estimate of drug-likeness (QED) is 0.0321. The van der Waals surface area contributed by atoms with Crippen LogP contribution >= 0.6 is 0 Å². The van der Waals surface area contributed by atoms with E-state index in [4.69, 9.17) is 4.74 Å². The van der Waals surface area contributed by atoms with E-state index >= 15 is 0 Å². The van der Waals surface area contributed by atoms with Gasteiger partial charge in [0.1, 0.15) is 6.10 Å². The molecule has 62 heavy (non-hydrogen) atoms. The summed E-state index contributed by atoms with van der Waals surface area (Å²) in [5.74, 6) is -0.479. The second-order valence-electron chi connectivity index (χ2n) is 19.0. The van der Waals surface area contributed by atoms with Crippen LogP contribution in [0.4, 0.5) is 0 Å². The summed E-state index contributed by atoms with van der Waals surface area (Å²) in [6.07, 6.45) is 58.1. The molecule has 0 aliphatic rings. The highest BCUT2D eigenvalue weighted by molar-refractivity contribution is 5.77. The maximum Gasteiger partial charge on any atom is 0.306 e. The van der Waals surface area contributed by atoms with Gasteiger partial charge in [-0.25, -0.2) is 0 Å². The summed E-state index contributed by atoms with van der Waals surface area (Å²) in [7, 11) is 0. The number of unbranched alkanes of at least 4 members (excludes halogenated alkanes) is 34. The molecule has 0 saturated heterocycles. The molecule has 0 saturated carbocycles. The molecule has 0 rings (SSSR count). The lowest BCUT2D eigenvalue weighted by atomic mass is 10.0. The average Bonchev–Trinajstić information content (AvgIpc) is 3.26. The summed E-state index contributed by atoms with van der Waals surface area (Å²) in [5.41, 5.74) is 0. The van der Waals surface area contributed by atoms with Gasteiger partial charge in [-0.15, -0.1) is 0 Å². The molecule has 0 aromatic rings. The van der Waals surface area contributed by atoms with Crippen molar-refractivity contribution >= 4 is 11.9 Å². The predicted molar refractivity (Wildman–Crippen MR) is 269 cm³/mol. The number of aliphatic hydroxyl groups excluding tert-OH is 2. The number of hydrogen-bond donors (Lipinski definition) is 3. The van der Waals surface area contributed by atoms with Crippen LogP contribution in [-0.2, 0) is 14.3 Å². The SMILES string of the molecule is CCCCC/C=C\CCCCCCCC(=O)OC(CCCCCCC/C=C/CCCCCCCC)CC(=O)NC(CO)C(O)CCCCCCCCCCCCCCCCCC. The molecule has 0 aromatic carbocycles. The van der Waals surface area contributed by atoms with Gasteiger partial charge in [0.15, 0.2) is 0 Å². The van der Waals surface area contributed by atoms with Crippen molar-refractivity contribution in [2.75, 3.05) is 6.61 Å². The first-order chi connectivity index (χ1) is 30.5. The fourth-order valence-corrected chi connectivity index (χ4v) is 8.54. The van der Waals surface area contributed by atoms with Crippen LogP contribution in [0.5, 0.6) is 0 Å². The van der Waals surface area contributed by atoms with Crippen LogP contribution in [0.15, 0.2) is 24.3 Å². The fourth-order valence-electron chi connectivity index (χ4n) is 8.54. The topological polar surface area (TPSA) is 95.9 Å². The average molecular weight is 874 g/mol. The molecule has 0 bridgehead atoms. The maximum absolute atomic E-state index is 13.2. The van der Waals surface area contributed by atoms with Crippen molar-refractivity contribution in [3.63, 3.8) is 0 Å². The lowest BCUT2D eigenvalue weighted by molar-refractivity contribution is -0.151. The summed E-state index contributed by atoms with van der Waals surface area (Å²) >= 11 is 0. The number of hydrogen-bond acceptors (Lipinski definition) is 5. The Hall–Kier alpha value is -1.66. The van der Waals surface area contributed by atoms with Gasteiger partial charge >= 0.3 is 5.97 Å². The molecule has 0 aromatic heterocycles. The fraction of sp³-hybridized carbons (Fsp3) is 0.893. The Bertz CT molecular complexity index is 981. The molecule has 1 amide bonds. The van der Waals surface area contributed by atoms with Crippen LogP contribution in [0.2, 0.25) is 0 Å². The van der Waals surface area contributed by atoms with Crippen LogP contribution in [0.25, 0.3) is 0 Å². The number of ether oxygens (including phenoxy) is 1. The van der Waals surface area contributed by atoms with E-state index in [0.717, 1.165) is 64.2 Å². The summed E-state index contributed by atoms with van der Waals surface area (Å²) in [6, 6.07) is -0.702. The number of esters is 1. The number of amides is 1. The Morgan fingerprint density at radius 3 is 1.18 bits per heavy atom. The van der Waals surface area contributed by atoms with Crippen molar-refractivity contribution in [2.24, 2.45) is 0 Å². The number of nitrogens with one attached hydrogen (secondary N) is 1. The van der Waals surface area contributed by atoms with Crippen LogP contribution in [0.1, 0.15) is 297 Å². The molecule has 366 valence electrons. The van der Waals surface area contributed by atoms with Crippen molar-refractivity contribution in [3.05, 3.63) is 24.3 Å². The highest BCUT2D eigenvalue weighted by Gasteiger charge is 2.24. The van der Waals surface area contributed by atoms with E-state index < -0.39 is 18.2 Å². The van der Waals surface area contributed by atoms with Crippen molar-refractivity contribution < 1.29 is 24.5 Å². The third kappa shape index (κ3) is 44.9. The second kappa shape index (κ2) is 50.3. The molecule has 0 spiro atoms. The van der Waals surface area contributed by atoms with Crippen LogP contribution in [0.3, 0.4) is 0 Å². The van der Waals surface area contributed by atoms with Gasteiger partial charge < -0.3 is 20.3 Å². The summed E-state index contributed by atoms with van der Waals surface area (Å²) in [6.45, 7) is 6.48. The van der Waals surface area contributed by atoms with E-state index in [0.29, 0.717) is 19.3 Å². The molecular formula is C56H107NO5. The van der Waals surface area contributed by atoms with Gasteiger partial charge in [-0.3, -0.25) is 9.59 Å². The minimum atomic E-state index is -0.788. The first-order valence-electron chi connectivity index (χ1n) is 27.6. The van der Waals surface area contributed by atoms with E-state index in [1.807, 2.05) is 0 Å². The van der Waals surface area contributed by atoms with Crippen LogP contribution < -0.4 is 5.32 Å². The minimum Gasteiger partial charge on any atom is -0.462 e. The predicted octanol–water partition coefficient (Wildman–Crippen LogP) is 16.7. The second-order valence-corrected chi connectivity index (χ2v) is 19.0.